The SMILES string of the molecule is O=C(CCC(=O)c1ccc(O)cc1)Nc1nc(-c2ccccc2)c(CC2=CC=CCC2)s1. The molecule has 0 atom stereocenters. The van der Waals surface area contributed by atoms with Gasteiger partial charge in [0, 0.05) is 35.3 Å². The van der Waals surface area contributed by atoms with Crippen molar-refractivity contribution in [1.82, 2.24) is 4.98 Å². The zero-order valence-corrected chi connectivity index (χ0v) is 18.4. The fraction of sp³-hybridized carbons (Fsp3) is 0.192. The third-order valence-electron chi connectivity index (χ3n) is 5.25. The molecule has 0 unspecified atom stereocenters. The summed E-state index contributed by atoms with van der Waals surface area (Å²) in [6, 6.07) is 16.0. The molecule has 0 saturated heterocycles. The molecule has 0 spiro atoms. The average Bonchev–Trinajstić information content (AvgIpc) is 3.21. The van der Waals surface area contributed by atoms with Gasteiger partial charge in [-0.3, -0.25) is 9.59 Å². The second kappa shape index (κ2) is 10.2. The number of Topliss-reactive ketones (excluding diaryl/α,β-unsaturated/α-hetero) is 1. The zero-order valence-electron chi connectivity index (χ0n) is 17.6. The Bertz CT molecular complexity index is 1160. The molecule has 162 valence electrons. The lowest BCUT2D eigenvalue weighted by Crippen LogP contribution is -2.13. The monoisotopic (exact) mass is 444 g/mol. The summed E-state index contributed by atoms with van der Waals surface area (Å²) in [6.07, 6.45) is 9.47. The summed E-state index contributed by atoms with van der Waals surface area (Å²) >= 11 is 1.49. The molecule has 3 aromatic rings. The molecule has 0 saturated carbocycles. The predicted octanol–water partition coefficient (Wildman–Crippen LogP) is 5.94. The number of hydrogen-bond acceptors (Lipinski definition) is 5. The minimum atomic E-state index is -0.239. The Balaban J connectivity index is 1.45. The number of rotatable bonds is 8. The number of ketones is 1. The minimum Gasteiger partial charge on any atom is -0.508 e. The molecule has 5 nitrogen and oxygen atoms in total. The van der Waals surface area contributed by atoms with E-state index in [0.717, 1.165) is 35.4 Å². The van der Waals surface area contributed by atoms with Gasteiger partial charge in [0.25, 0.3) is 0 Å². The Kier molecular flexibility index (Phi) is 6.92. The molecule has 1 aliphatic rings. The van der Waals surface area contributed by atoms with Gasteiger partial charge >= 0.3 is 0 Å². The van der Waals surface area contributed by atoms with Gasteiger partial charge in [-0.15, -0.1) is 11.3 Å². The number of phenolic OH excluding ortho intramolecular Hbond substituents is 1. The van der Waals surface area contributed by atoms with E-state index in [9.17, 15) is 14.7 Å². The van der Waals surface area contributed by atoms with Gasteiger partial charge in [0.15, 0.2) is 10.9 Å². The fourth-order valence-electron chi connectivity index (χ4n) is 3.55. The van der Waals surface area contributed by atoms with Gasteiger partial charge in [-0.25, -0.2) is 4.98 Å². The number of carbonyl (C=O) groups is 2. The number of amides is 1. The molecule has 6 heteroatoms. The third kappa shape index (κ3) is 5.59. The van der Waals surface area contributed by atoms with E-state index in [4.69, 9.17) is 4.98 Å². The van der Waals surface area contributed by atoms with Crippen LogP contribution in [-0.2, 0) is 11.2 Å². The van der Waals surface area contributed by atoms with Crippen molar-refractivity contribution >= 4 is 28.2 Å². The molecular weight excluding hydrogens is 420 g/mol. The topological polar surface area (TPSA) is 79.3 Å². The van der Waals surface area contributed by atoms with Crippen LogP contribution in [0.15, 0.2) is 78.4 Å². The first kappa shape index (κ1) is 21.7. The summed E-state index contributed by atoms with van der Waals surface area (Å²) in [6.45, 7) is 0. The highest BCUT2D eigenvalue weighted by molar-refractivity contribution is 7.16. The molecule has 0 bridgehead atoms. The molecule has 4 rings (SSSR count). The van der Waals surface area contributed by atoms with Crippen LogP contribution < -0.4 is 5.32 Å². The molecule has 1 amide bonds. The van der Waals surface area contributed by atoms with Crippen LogP contribution in [0, 0.1) is 0 Å². The number of nitrogens with one attached hydrogen (secondary N) is 1. The largest absolute Gasteiger partial charge is 0.508 e. The van der Waals surface area contributed by atoms with Crippen LogP contribution in [0.5, 0.6) is 5.75 Å². The summed E-state index contributed by atoms with van der Waals surface area (Å²) in [5.74, 6) is -0.271. The molecule has 1 aliphatic carbocycles. The van der Waals surface area contributed by atoms with Crippen molar-refractivity contribution in [2.24, 2.45) is 0 Å². The highest BCUT2D eigenvalue weighted by Crippen LogP contribution is 2.34. The summed E-state index contributed by atoms with van der Waals surface area (Å²) < 4.78 is 0. The first-order valence-corrected chi connectivity index (χ1v) is 11.4. The van der Waals surface area contributed by atoms with E-state index >= 15 is 0 Å². The number of anilines is 1. The van der Waals surface area contributed by atoms with Gasteiger partial charge in [0.05, 0.1) is 5.69 Å². The van der Waals surface area contributed by atoms with Crippen molar-refractivity contribution in [3.05, 3.63) is 88.8 Å². The van der Waals surface area contributed by atoms with Crippen molar-refractivity contribution in [1.29, 1.82) is 0 Å². The van der Waals surface area contributed by atoms with Gasteiger partial charge < -0.3 is 10.4 Å². The van der Waals surface area contributed by atoms with Crippen LogP contribution in [0.3, 0.4) is 0 Å². The maximum atomic E-state index is 12.5. The second-order valence-electron chi connectivity index (χ2n) is 7.64. The van der Waals surface area contributed by atoms with E-state index < -0.39 is 0 Å². The van der Waals surface area contributed by atoms with Crippen molar-refractivity contribution in [2.75, 3.05) is 5.32 Å². The molecule has 2 aromatic carbocycles. The summed E-state index contributed by atoms with van der Waals surface area (Å²) in [4.78, 5) is 30.6. The normalized spacial score (nSPS) is 12.9. The average molecular weight is 445 g/mol. The number of aromatic hydroxyl groups is 1. The first-order chi connectivity index (χ1) is 15.6. The Morgan fingerprint density at radius 2 is 1.81 bits per heavy atom. The lowest BCUT2D eigenvalue weighted by atomic mass is 9.99. The van der Waals surface area contributed by atoms with Crippen LogP contribution in [0.2, 0.25) is 0 Å². The van der Waals surface area contributed by atoms with E-state index in [-0.39, 0.29) is 30.3 Å². The lowest BCUT2D eigenvalue weighted by Gasteiger charge is -2.08. The number of aromatic nitrogens is 1. The van der Waals surface area contributed by atoms with Gasteiger partial charge in [-0.1, -0.05) is 54.1 Å². The molecule has 1 heterocycles. The number of nitrogens with zero attached hydrogens (tertiary/aromatic N) is 1. The maximum absolute atomic E-state index is 12.5. The molecule has 1 aromatic heterocycles. The Morgan fingerprint density at radius 1 is 1.03 bits per heavy atom. The zero-order chi connectivity index (χ0) is 22.3. The van der Waals surface area contributed by atoms with Crippen LogP contribution in [0.25, 0.3) is 11.3 Å². The van der Waals surface area contributed by atoms with Crippen LogP contribution in [-0.4, -0.2) is 21.8 Å². The Labute approximate surface area is 191 Å². The quantitative estimate of drug-likeness (QED) is 0.422. The summed E-state index contributed by atoms with van der Waals surface area (Å²) in [7, 11) is 0. The number of carbonyl (C=O) groups excluding carboxylic acids is 2. The first-order valence-electron chi connectivity index (χ1n) is 10.6. The van der Waals surface area contributed by atoms with Gasteiger partial charge in [0.1, 0.15) is 5.75 Å². The minimum absolute atomic E-state index is 0.0746. The predicted molar refractivity (Wildman–Crippen MR) is 128 cm³/mol. The molecule has 0 aliphatic heterocycles. The standard InChI is InChI=1S/C26H24N2O3S/c29-21-13-11-19(12-14-21)22(30)15-16-24(31)27-26-28-25(20-9-5-2-6-10-20)23(32-26)17-18-7-3-1-4-8-18/h1-3,5-7,9-14,29H,4,8,15-17H2,(H,27,28,31). The highest BCUT2D eigenvalue weighted by Gasteiger charge is 2.17. The van der Waals surface area contributed by atoms with Crippen LogP contribution in [0.4, 0.5) is 5.13 Å². The molecule has 32 heavy (non-hydrogen) atoms. The number of benzene rings is 2. The third-order valence-corrected chi connectivity index (χ3v) is 6.22. The molecule has 2 N–H and O–H groups in total. The highest BCUT2D eigenvalue weighted by atomic mass is 32.1. The van der Waals surface area contributed by atoms with Crippen molar-refractivity contribution in [3.63, 3.8) is 0 Å². The Hall–Kier alpha value is -3.51. The summed E-state index contributed by atoms with van der Waals surface area (Å²) in [5, 5.41) is 12.8. The smallest absolute Gasteiger partial charge is 0.226 e. The van der Waals surface area contributed by atoms with E-state index in [1.807, 2.05) is 30.3 Å². The van der Waals surface area contributed by atoms with Crippen molar-refractivity contribution in [3.8, 4) is 17.0 Å². The van der Waals surface area contributed by atoms with Crippen LogP contribution >= 0.6 is 11.3 Å². The number of thiazole rings is 1. The molecule has 0 fully saturated rings. The van der Waals surface area contributed by atoms with Gasteiger partial charge in [0.2, 0.25) is 5.91 Å². The van der Waals surface area contributed by atoms with Crippen LogP contribution in [0.1, 0.15) is 40.9 Å². The fourth-order valence-corrected chi connectivity index (χ4v) is 4.61. The van der Waals surface area contributed by atoms with E-state index in [1.54, 1.807) is 12.1 Å². The van der Waals surface area contributed by atoms with Gasteiger partial charge in [-0.2, -0.15) is 0 Å². The van der Waals surface area contributed by atoms with Crippen molar-refractivity contribution in [2.45, 2.75) is 32.1 Å². The number of hydrogen-bond donors (Lipinski definition) is 2. The Morgan fingerprint density at radius 3 is 2.53 bits per heavy atom. The summed E-state index contributed by atoms with van der Waals surface area (Å²) in [5.41, 5.74) is 3.74. The number of phenols is 1. The van der Waals surface area contributed by atoms with E-state index in [1.165, 1.54) is 29.0 Å². The number of allylic oxidation sites excluding steroid dienone is 4. The van der Waals surface area contributed by atoms with Crippen molar-refractivity contribution < 1.29 is 14.7 Å². The lowest BCUT2D eigenvalue weighted by molar-refractivity contribution is -0.116. The van der Waals surface area contributed by atoms with E-state index in [0.29, 0.717) is 10.7 Å². The second-order valence-corrected chi connectivity index (χ2v) is 8.73. The maximum Gasteiger partial charge on any atom is 0.226 e. The van der Waals surface area contributed by atoms with E-state index in [2.05, 4.69) is 23.5 Å². The van der Waals surface area contributed by atoms with Gasteiger partial charge in [-0.05, 0) is 37.1 Å². The molecule has 0 radical (unpaired) electrons. The molecular formula is C26H24N2O3S.